The molecule has 0 saturated carbocycles. The third kappa shape index (κ3) is 3.29. The summed E-state index contributed by atoms with van der Waals surface area (Å²) >= 11 is 1.71. The van der Waals surface area contributed by atoms with Gasteiger partial charge in [0.1, 0.15) is 5.82 Å². The van der Waals surface area contributed by atoms with E-state index >= 15 is 0 Å². The lowest BCUT2D eigenvalue weighted by Gasteiger charge is -2.10. The Morgan fingerprint density at radius 2 is 1.90 bits per heavy atom. The number of rotatable bonds is 3. The molecule has 1 atom stereocenters. The lowest BCUT2D eigenvalue weighted by molar-refractivity contribution is 0.630. The Morgan fingerprint density at radius 3 is 2.73 bits per heavy atom. The van der Waals surface area contributed by atoms with Crippen molar-refractivity contribution in [1.29, 1.82) is 0 Å². The molecule has 0 aliphatic carbocycles. The minimum absolute atomic E-state index is 0.218. The van der Waals surface area contributed by atoms with Gasteiger partial charge in [-0.2, -0.15) is 0 Å². The molecule has 3 aromatic carbocycles. The maximum Gasteiger partial charge on any atom is 0.123 e. The zero-order valence-corrected chi connectivity index (χ0v) is 18.0. The summed E-state index contributed by atoms with van der Waals surface area (Å²) in [7, 11) is 0. The fraction of sp³-hybridized carbons (Fsp3) is 0.148. The molecule has 0 bridgehead atoms. The van der Waals surface area contributed by atoms with Crippen LogP contribution in [0.15, 0.2) is 78.5 Å². The fourth-order valence-electron chi connectivity index (χ4n) is 4.05. The number of nitrogens with zero attached hydrogens (tertiary/aromatic N) is 1. The number of fused-ring (bicyclic) bond motifs is 4. The average Bonchev–Trinajstić information content (AvgIpc) is 3.08. The van der Waals surface area contributed by atoms with Gasteiger partial charge >= 0.3 is 0 Å². The maximum absolute atomic E-state index is 13.7. The molecule has 5 rings (SSSR count). The largest absolute Gasteiger partial charge is 0.256 e. The van der Waals surface area contributed by atoms with Crippen molar-refractivity contribution in [3.8, 4) is 11.3 Å². The van der Waals surface area contributed by atoms with Crippen LogP contribution in [0.2, 0.25) is 0 Å². The topological polar surface area (TPSA) is 12.9 Å². The van der Waals surface area contributed by atoms with Crippen molar-refractivity contribution in [2.45, 2.75) is 26.7 Å². The predicted molar refractivity (Wildman–Crippen MR) is 128 cm³/mol. The molecule has 0 N–H and O–H groups in total. The molecule has 0 saturated heterocycles. The number of thiophene rings is 1. The Hall–Kier alpha value is -3.04. The summed E-state index contributed by atoms with van der Waals surface area (Å²) in [6, 6.07) is 19.4. The highest BCUT2D eigenvalue weighted by Gasteiger charge is 2.13. The van der Waals surface area contributed by atoms with Crippen molar-refractivity contribution in [3.63, 3.8) is 0 Å². The molecule has 0 amide bonds. The van der Waals surface area contributed by atoms with Crippen molar-refractivity contribution in [3.05, 3.63) is 89.9 Å². The van der Waals surface area contributed by atoms with Crippen molar-refractivity contribution in [2.24, 2.45) is 0 Å². The lowest BCUT2D eigenvalue weighted by Crippen LogP contribution is -1.93. The smallest absolute Gasteiger partial charge is 0.123 e. The molecule has 148 valence electrons. The number of allylic oxidation sites excluding steroid dienone is 2. The molecule has 1 nitrogen and oxygen atoms in total. The Labute approximate surface area is 180 Å². The first-order valence-corrected chi connectivity index (χ1v) is 10.8. The minimum atomic E-state index is -0.813. The number of halogens is 1. The molecule has 0 spiro atoms. The molecule has 3 heteroatoms. The molecule has 0 fully saturated rings. The third-order valence-corrected chi connectivity index (χ3v) is 6.62. The second kappa shape index (κ2) is 7.33. The van der Waals surface area contributed by atoms with Gasteiger partial charge < -0.3 is 0 Å². The van der Waals surface area contributed by atoms with Crippen LogP contribution in [0, 0.1) is 5.82 Å². The van der Waals surface area contributed by atoms with E-state index in [1.165, 1.54) is 16.8 Å². The van der Waals surface area contributed by atoms with Gasteiger partial charge in [-0.25, -0.2) is 4.39 Å². The Morgan fingerprint density at radius 1 is 1.03 bits per heavy atom. The predicted octanol–water partition coefficient (Wildman–Crippen LogP) is 8.48. The van der Waals surface area contributed by atoms with Crippen molar-refractivity contribution >= 4 is 42.3 Å². The Balaban J connectivity index is 1.72. The third-order valence-electron chi connectivity index (χ3n) is 5.41. The number of aromatic nitrogens is 1. The first-order valence-electron chi connectivity index (χ1n) is 10.5. The highest BCUT2D eigenvalue weighted by Crippen LogP contribution is 2.41. The van der Waals surface area contributed by atoms with Gasteiger partial charge in [0, 0.05) is 33.3 Å². The van der Waals surface area contributed by atoms with Crippen LogP contribution in [-0.4, -0.2) is 4.98 Å². The van der Waals surface area contributed by atoms with E-state index < -0.39 is 5.89 Å². The van der Waals surface area contributed by atoms with E-state index in [1.54, 1.807) is 23.6 Å². The van der Waals surface area contributed by atoms with E-state index in [2.05, 4.69) is 35.3 Å². The lowest BCUT2D eigenvalue weighted by atomic mass is 9.97. The molecule has 0 aliphatic rings. The molecular weight excluding hydrogens is 389 g/mol. The Kier molecular flexibility index (Phi) is 4.35. The zero-order valence-electron chi connectivity index (χ0n) is 18.2. The zero-order chi connectivity index (χ0) is 21.8. The summed E-state index contributed by atoms with van der Waals surface area (Å²) in [5, 5.41) is 4.29. The highest BCUT2D eigenvalue weighted by molar-refractivity contribution is 7.26. The second-order valence-corrected chi connectivity index (χ2v) is 9.01. The molecule has 5 aromatic rings. The molecule has 2 aromatic heterocycles. The molecule has 0 radical (unpaired) electrons. The van der Waals surface area contributed by atoms with Gasteiger partial charge in [-0.3, -0.25) is 4.98 Å². The summed E-state index contributed by atoms with van der Waals surface area (Å²) in [5.41, 5.74) is 3.96. The van der Waals surface area contributed by atoms with Crippen molar-refractivity contribution in [2.75, 3.05) is 0 Å². The van der Waals surface area contributed by atoms with Gasteiger partial charge in [-0.1, -0.05) is 42.8 Å². The maximum atomic E-state index is 13.7. The number of benzene rings is 3. The van der Waals surface area contributed by atoms with E-state index in [1.807, 2.05) is 45.0 Å². The van der Waals surface area contributed by atoms with Crippen molar-refractivity contribution < 1.29 is 5.76 Å². The van der Waals surface area contributed by atoms with Gasteiger partial charge in [0.25, 0.3) is 0 Å². The van der Waals surface area contributed by atoms with Crippen LogP contribution in [0.25, 0.3) is 42.2 Å². The summed E-state index contributed by atoms with van der Waals surface area (Å²) in [5.74, 6) is -1.03. The fourth-order valence-corrected chi connectivity index (χ4v) is 5.31. The van der Waals surface area contributed by atoms with Crippen molar-refractivity contribution in [1.82, 2.24) is 4.98 Å². The minimum Gasteiger partial charge on any atom is -0.256 e. The summed E-state index contributed by atoms with van der Waals surface area (Å²) in [6.07, 6.45) is 3.76. The normalized spacial score (nSPS) is 14.1. The molecule has 30 heavy (non-hydrogen) atoms. The monoisotopic (exact) mass is 412 g/mol. The average molecular weight is 413 g/mol. The van der Waals surface area contributed by atoms with E-state index in [0.29, 0.717) is 0 Å². The summed E-state index contributed by atoms with van der Waals surface area (Å²) in [4.78, 5) is 4.64. The van der Waals surface area contributed by atoms with Crippen LogP contribution in [-0.2, 0) is 0 Å². The van der Waals surface area contributed by atoms with Crippen LogP contribution in [0.3, 0.4) is 0 Å². The van der Waals surface area contributed by atoms with Crippen LogP contribution in [0.1, 0.15) is 33.6 Å². The van der Waals surface area contributed by atoms with E-state index in [9.17, 15) is 4.39 Å². The highest BCUT2D eigenvalue weighted by atomic mass is 32.1. The summed E-state index contributed by atoms with van der Waals surface area (Å²) in [6.45, 7) is 5.94. The molecule has 2 heterocycles. The standard InChI is InChI=1S/C27H22FNS/c1-16(2)11-17(3)18-9-10-29-25(14-18)23-6-4-5-22-24-13-19-7-8-21(28)12-20(19)15-26(24)30-27(22)23/h4-15,17H,1-3H3/i17D. The molecule has 1 unspecified atom stereocenters. The summed E-state index contributed by atoms with van der Waals surface area (Å²) < 4.78 is 24.8. The number of hydrogen-bond acceptors (Lipinski definition) is 2. The second-order valence-electron chi connectivity index (χ2n) is 7.96. The van der Waals surface area contributed by atoms with Gasteiger partial charge in [-0.15, -0.1) is 11.3 Å². The first kappa shape index (κ1) is 17.8. The van der Waals surface area contributed by atoms with E-state index in [-0.39, 0.29) is 5.82 Å². The van der Waals surface area contributed by atoms with Crippen LogP contribution >= 0.6 is 11.3 Å². The van der Waals surface area contributed by atoms with Gasteiger partial charge in [0.2, 0.25) is 0 Å². The first-order chi connectivity index (χ1) is 14.8. The van der Waals surface area contributed by atoms with Gasteiger partial charge in [0.05, 0.1) is 5.69 Å². The van der Waals surface area contributed by atoms with E-state index in [0.717, 1.165) is 42.6 Å². The van der Waals surface area contributed by atoms with E-state index in [4.69, 9.17) is 1.37 Å². The number of pyridine rings is 1. The SMILES string of the molecule is [2H]C(C)(C=C(C)C)c1ccnc(-c2cccc3c2sc2cc4cc(F)ccc4cc23)c1. The molecule has 0 aliphatic heterocycles. The number of hydrogen-bond donors (Lipinski definition) is 0. The van der Waals surface area contributed by atoms with Crippen LogP contribution < -0.4 is 0 Å². The van der Waals surface area contributed by atoms with Gasteiger partial charge in [0.15, 0.2) is 0 Å². The van der Waals surface area contributed by atoms with Crippen LogP contribution in [0.5, 0.6) is 0 Å². The van der Waals surface area contributed by atoms with Gasteiger partial charge in [-0.05, 0) is 72.5 Å². The quantitative estimate of drug-likeness (QED) is 0.271. The Bertz CT molecular complexity index is 1490. The molecular formula is C27H22FNS. The van der Waals surface area contributed by atoms with Crippen LogP contribution in [0.4, 0.5) is 4.39 Å².